The molecule has 0 aromatic heterocycles. The molecule has 2 aromatic rings. The molecule has 0 aliphatic rings. The van der Waals surface area contributed by atoms with Gasteiger partial charge in [0.05, 0.1) is 0 Å². The zero-order chi connectivity index (χ0) is 15.0. The highest BCUT2D eigenvalue weighted by atomic mass is 16.1. The Hall–Kier alpha value is -1.63. The van der Waals surface area contributed by atoms with Gasteiger partial charge in [0.2, 0.25) is 0 Å². The SMILES string of the molecule is CC(C)(C)CC(C)(C)c1ccc2ccccc2c1C=O. The minimum atomic E-state index is -0.0154. The van der Waals surface area contributed by atoms with E-state index in [-0.39, 0.29) is 10.8 Å². The Morgan fingerprint density at radius 2 is 1.60 bits per heavy atom. The van der Waals surface area contributed by atoms with Gasteiger partial charge < -0.3 is 0 Å². The summed E-state index contributed by atoms with van der Waals surface area (Å²) >= 11 is 0. The van der Waals surface area contributed by atoms with E-state index in [0.29, 0.717) is 0 Å². The average Bonchev–Trinajstić information content (AvgIpc) is 2.34. The summed E-state index contributed by atoms with van der Waals surface area (Å²) in [6.45, 7) is 11.2. The summed E-state index contributed by atoms with van der Waals surface area (Å²) in [6, 6.07) is 12.4. The maximum absolute atomic E-state index is 11.7. The predicted molar refractivity (Wildman–Crippen MR) is 86.4 cm³/mol. The van der Waals surface area contributed by atoms with Crippen LogP contribution in [0.3, 0.4) is 0 Å². The molecule has 0 aliphatic heterocycles. The van der Waals surface area contributed by atoms with Gasteiger partial charge in [0, 0.05) is 5.56 Å². The molecule has 1 heteroatoms. The molecule has 20 heavy (non-hydrogen) atoms. The summed E-state index contributed by atoms with van der Waals surface area (Å²) in [4.78, 5) is 11.7. The van der Waals surface area contributed by atoms with Gasteiger partial charge in [-0.15, -0.1) is 0 Å². The predicted octanol–water partition coefficient (Wildman–Crippen LogP) is 5.37. The number of carbonyl (C=O) groups excluding carboxylic acids is 1. The van der Waals surface area contributed by atoms with Crippen molar-refractivity contribution in [2.45, 2.75) is 46.5 Å². The quantitative estimate of drug-likeness (QED) is 0.684. The van der Waals surface area contributed by atoms with Crippen molar-refractivity contribution >= 4 is 17.1 Å². The summed E-state index contributed by atoms with van der Waals surface area (Å²) in [7, 11) is 0. The maximum atomic E-state index is 11.7. The Balaban J connectivity index is 2.62. The number of aldehydes is 1. The van der Waals surface area contributed by atoms with Gasteiger partial charge in [-0.2, -0.15) is 0 Å². The van der Waals surface area contributed by atoms with Crippen molar-refractivity contribution in [2.75, 3.05) is 0 Å². The third-order valence-corrected chi connectivity index (χ3v) is 3.79. The van der Waals surface area contributed by atoms with E-state index in [1.54, 1.807) is 0 Å². The van der Waals surface area contributed by atoms with E-state index in [4.69, 9.17) is 0 Å². The fourth-order valence-corrected chi connectivity index (χ4v) is 3.43. The van der Waals surface area contributed by atoms with Gasteiger partial charge in [-0.1, -0.05) is 71.0 Å². The molecule has 0 spiro atoms. The number of fused-ring (bicyclic) bond motifs is 1. The topological polar surface area (TPSA) is 17.1 Å². The van der Waals surface area contributed by atoms with Crippen LogP contribution in [-0.4, -0.2) is 6.29 Å². The van der Waals surface area contributed by atoms with Crippen molar-refractivity contribution < 1.29 is 4.79 Å². The second-order valence-electron chi connectivity index (χ2n) is 7.49. The van der Waals surface area contributed by atoms with E-state index >= 15 is 0 Å². The molecule has 0 amide bonds. The number of rotatable bonds is 3. The third kappa shape index (κ3) is 2.92. The van der Waals surface area contributed by atoms with Crippen LogP contribution in [-0.2, 0) is 5.41 Å². The van der Waals surface area contributed by atoms with E-state index in [9.17, 15) is 4.79 Å². The molecule has 1 nitrogen and oxygen atoms in total. The number of benzene rings is 2. The van der Waals surface area contributed by atoms with Crippen molar-refractivity contribution in [3.05, 3.63) is 47.5 Å². The largest absolute Gasteiger partial charge is 0.298 e. The van der Waals surface area contributed by atoms with Gasteiger partial charge in [-0.3, -0.25) is 4.79 Å². The van der Waals surface area contributed by atoms with Crippen LogP contribution in [0.1, 0.15) is 57.0 Å². The summed E-state index contributed by atoms with van der Waals surface area (Å²) in [5.41, 5.74) is 2.21. The molecule has 2 rings (SSSR count). The van der Waals surface area contributed by atoms with Gasteiger partial charge in [-0.25, -0.2) is 0 Å². The first-order chi connectivity index (χ1) is 9.24. The fourth-order valence-electron chi connectivity index (χ4n) is 3.43. The highest BCUT2D eigenvalue weighted by molar-refractivity contribution is 5.99. The van der Waals surface area contributed by atoms with E-state index in [1.807, 2.05) is 18.2 Å². The summed E-state index contributed by atoms with van der Waals surface area (Å²) in [5.74, 6) is 0. The molecule has 0 heterocycles. The molecule has 0 bridgehead atoms. The summed E-state index contributed by atoms with van der Waals surface area (Å²) in [6.07, 6.45) is 2.06. The van der Waals surface area contributed by atoms with Crippen LogP contribution < -0.4 is 0 Å². The minimum Gasteiger partial charge on any atom is -0.298 e. The molecule has 0 fully saturated rings. The molecule has 2 aromatic carbocycles. The monoisotopic (exact) mass is 268 g/mol. The fraction of sp³-hybridized carbons (Fsp3) is 0.421. The second-order valence-corrected chi connectivity index (χ2v) is 7.49. The zero-order valence-corrected chi connectivity index (χ0v) is 13.2. The van der Waals surface area contributed by atoms with Crippen LogP contribution >= 0.6 is 0 Å². The Kier molecular flexibility index (Phi) is 3.73. The van der Waals surface area contributed by atoms with E-state index < -0.39 is 0 Å². The first-order valence-corrected chi connectivity index (χ1v) is 7.22. The van der Waals surface area contributed by atoms with Crippen molar-refractivity contribution in [3.63, 3.8) is 0 Å². The molecular weight excluding hydrogens is 244 g/mol. The highest BCUT2D eigenvalue weighted by Gasteiger charge is 2.29. The van der Waals surface area contributed by atoms with Crippen LogP contribution in [0.2, 0.25) is 0 Å². The molecule has 0 aliphatic carbocycles. The van der Waals surface area contributed by atoms with Crippen molar-refractivity contribution in [1.29, 1.82) is 0 Å². The first-order valence-electron chi connectivity index (χ1n) is 7.22. The van der Waals surface area contributed by atoms with Gasteiger partial charge in [0.1, 0.15) is 0 Å². The smallest absolute Gasteiger partial charge is 0.150 e. The molecular formula is C19H24O. The molecule has 0 N–H and O–H groups in total. The highest BCUT2D eigenvalue weighted by Crippen LogP contribution is 2.39. The normalized spacial score (nSPS) is 12.7. The van der Waals surface area contributed by atoms with Gasteiger partial charge >= 0.3 is 0 Å². The average molecular weight is 268 g/mol. The maximum Gasteiger partial charge on any atom is 0.150 e. The summed E-state index contributed by atoms with van der Waals surface area (Å²) in [5, 5.41) is 2.19. The van der Waals surface area contributed by atoms with Gasteiger partial charge in [0.25, 0.3) is 0 Å². The molecule has 0 atom stereocenters. The van der Waals surface area contributed by atoms with E-state index in [0.717, 1.165) is 34.6 Å². The Bertz CT molecular complexity index is 630. The van der Waals surface area contributed by atoms with E-state index in [2.05, 4.69) is 52.8 Å². The lowest BCUT2D eigenvalue weighted by molar-refractivity contribution is 0.112. The molecule has 0 saturated heterocycles. The van der Waals surface area contributed by atoms with E-state index in [1.165, 1.54) is 0 Å². The van der Waals surface area contributed by atoms with Crippen molar-refractivity contribution in [3.8, 4) is 0 Å². The lowest BCUT2D eigenvalue weighted by atomic mass is 9.70. The number of carbonyl (C=O) groups is 1. The Labute approximate surface area is 122 Å². The van der Waals surface area contributed by atoms with Crippen molar-refractivity contribution in [1.82, 2.24) is 0 Å². The summed E-state index contributed by atoms with van der Waals surface area (Å²) < 4.78 is 0. The standard InChI is InChI=1S/C19H24O/c1-18(2,3)13-19(4,5)17-11-10-14-8-6-7-9-15(14)16(17)12-20/h6-12H,13H2,1-5H3. The number of hydrogen-bond acceptors (Lipinski definition) is 1. The number of hydrogen-bond donors (Lipinski definition) is 0. The Morgan fingerprint density at radius 1 is 0.950 bits per heavy atom. The van der Waals surface area contributed by atoms with Gasteiger partial charge in [0.15, 0.2) is 6.29 Å². The molecule has 106 valence electrons. The third-order valence-electron chi connectivity index (χ3n) is 3.79. The second kappa shape index (κ2) is 5.05. The van der Waals surface area contributed by atoms with Crippen molar-refractivity contribution in [2.24, 2.45) is 5.41 Å². The van der Waals surface area contributed by atoms with Crippen LogP contribution in [0.5, 0.6) is 0 Å². The minimum absolute atomic E-state index is 0.0154. The molecule has 0 saturated carbocycles. The van der Waals surface area contributed by atoms with Gasteiger partial charge in [-0.05, 0) is 33.6 Å². The van der Waals surface area contributed by atoms with Crippen LogP contribution in [0, 0.1) is 5.41 Å². The first kappa shape index (κ1) is 14.8. The van der Waals surface area contributed by atoms with Crippen LogP contribution in [0.15, 0.2) is 36.4 Å². The molecule has 0 radical (unpaired) electrons. The zero-order valence-electron chi connectivity index (χ0n) is 13.2. The van der Waals surface area contributed by atoms with Crippen LogP contribution in [0.4, 0.5) is 0 Å². The lowest BCUT2D eigenvalue weighted by Crippen LogP contribution is -2.26. The van der Waals surface area contributed by atoms with Crippen LogP contribution in [0.25, 0.3) is 10.8 Å². The lowest BCUT2D eigenvalue weighted by Gasteiger charge is -2.34. The molecule has 0 unspecified atom stereocenters. The Morgan fingerprint density at radius 3 is 2.20 bits per heavy atom.